The van der Waals surface area contributed by atoms with Crippen molar-refractivity contribution in [2.24, 2.45) is 0 Å². The van der Waals surface area contributed by atoms with Gasteiger partial charge in [-0.1, -0.05) is 12.1 Å². The molecule has 1 aliphatic rings. The SMILES string of the molecule is COc1ccc(S(=O)(=O)NC[C@@H]2COc3ccccc3O2)cc1OC. The molecule has 1 heterocycles. The molecule has 7 nitrogen and oxygen atoms in total. The van der Waals surface area contributed by atoms with Crippen molar-refractivity contribution >= 4 is 10.0 Å². The van der Waals surface area contributed by atoms with Gasteiger partial charge in [-0.15, -0.1) is 0 Å². The Morgan fingerprint density at radius 2 is 1.80 bits per heavy atom. The maximum absolute atomic E-state index is 12.5. The number of benzene rings is 2. The number of nitrogens with one attached hydrogen (secondary N) is 1. The van der Waals surface area contributed by atoms with Crippen molar-refractivity contribution in [3.63, 3.8) is 0 Å². The number of hydrogen-bond donors (Lipinski definition) is 1. The van der Waals surface area contributed by atoms with Crippen molar-refractivity contribution in [1.29, 1.82) is 0 Å². The fraction of sp³-hybridized carbons (Fsp3) is 0.294. The molecule has 0 spiro atoms. The molecule has 0 bridgehead atoms. The molecule has 8 heteroatoms. The molecule has 0 fully saturated rings. The van der Waals surface area contributed by atoms with Crippen LogP contribution in [-0.2, 0) is 10.0 Å². The van der Waals surface area contributed by atoms with Crippen molar-refractivity contribution < 1.29 is 27.4 Å². The van der Waals surface area contributed by atoms with Crippen LogP contribution in [0.25, 0.3) is 0 Å². The van der Waals surface area contributed by atoms with E-state index in [4.69, 9.17) is 18.9 Å². The van der Waals surface area contributed by atoms with Crippen LogP contribution in [0.4, 0.5) is 0 Å². The molecule has 1 N–H and O–H groups in total. The van der Waals surface area contributed by atoms with Crippen LogP contribution in [0.5, 0.6) is 23.0 Å². The first-order valence-electron chi connectivity index (χ1n) is 7.63. The van der Waals surface area contributed by atoms with Crippen LogP contribution in [0.2, 0.25) is 0 Å². The molecule has 1 aliphatic heterocycles. The Kier molecular flexibility index (Phi) is 5.00. The zero-order valence-electron chi connectivity index (χ0n) is 13.9. The molecule has 1 atom stereocenters. The predicted molar refractivity (Wildman–Crippen MR) is 91.1 cm³/mol. The van der Waals surface area contributed by atoms with Crippen LogP contribution in [0, 0.1) is 0 Å². The maximum Gasteiger partial charge on any atom is 0.240 e. The third-order valence-corrected chi connectivity index (χ3v) is 5.16. The van der Waals surface area contributed by atoms with Crippen LogP contribution in [0.3, 0.4) is 0 Å². The number of fused-ring (bicyclic) bond motifs is 1. The van der Waals surface area contributed by atoms with Gasteiger partial charge in [0, 0.05) is 6.07 Å². The Balaban J connectivity index is 1.68. The van der Waals surface area contributed by atoms with E-state index in [-0.39, 0.29) is 18.0 Å². The Labute approximate surface area is 146 Å². The number of rotatable bonds is 6. The minimum Gasteiger partial charge on any atom is -0.493 e. The monoisotopic (exact) mass is 365 g/mol. The summed E-state index contributed by atoms with van der Waals surface area (Å²) in [6, 6.07) is 11.7. The molecular formula is C17H19NO6S. The standard InChI is InChI=1S/C17H19NO6S/c1-21-14-8-7-13(9-17(14)22-2)25(19,20)18-10-12-11-23-15-5-3-4-6-16(15)24-12/h3-9,12,18H,10-11H2,1-2H3/t12-/m1/s1. The highest BCUT2D eigenvalue weighted by atomic mass is 32.2. The first-order chi connectivity index (χ1) is 12.0. The molecule has 134 valence electrons. The van der Waals surface area contributed by atoms with Gasteiger partial charge in [0.1, 0.15) is 12.7 Å². The van der Waals surface area contributed by atoms with E-state index in [1.54, 1.807) is 18.2 Å². The summed E-state index contributed by atoms with van der Waals surface area (Å²) < 4.78 is 49.1. The topological polar surface area (TPSA) is 83.1 Å². The zero-order valence-corrected chi connectivity index (χ0v) is 14.7. The smallest absolute Gasteiger partial charge is 0.240 e. The zero-order chi connectivity index (χ0) is 17.9. The third-order valence-electron chi connectivity index (χ3n) is 3.73. The summed E-state index contributed by atoms with van der Waals surface area (Å²) in [5, 5.41) is 0. The Morgan fingerprint density at radius 1 is 1.08 bits per heavy atom. The second kappa shape index (κ2) is 7.20. The van der Waals surface area contributed by atoms with Crippen molar-refractivity contribution in [3.8, 4) is 23.0 Å². The van der Waals surface area contributed by atoms with E-state index in [1.165, 1.54) is 26.4 Å². The summed E-state index contributed by atoms with van der Waals surface area (Å²) in [6.45, 7) is 0.358. The van der Waals surface area contributed by atoms with Crippen LogP contribution in [0.1, 0.15) is 0 Å². The first kappa shape index (κ1) is 17.4. The molecule has 0 saturated heterocycles. The van der Waals surface area contributed by atoms with Gasteiger partial charge in [-0.05, 0) is 24.3 Å². The van der Waals surface area contributed by atoms with E-state index < -0.39 is 16.1 Å². The number of methoxy groups -OCH3 is 2. The van der Waals surface area contributed by atoms with Gasteiger partial charge in [-0.3, -0.25) is 0 Å². The van der Waals surface area contributed by atoms with Crippen molar-refractivity contribution in [2.75, 3.05) is 27.4 Å². The molecule has 3 rings (SSSR count). The minimum atomic E-state index is -3.72. The molecule has 0 saturated carbocycles. The fourth-order valence-corrected chi connectivity index (χ4v) is 3.51. The highest BCUT2D eigenvalue weighted by molar-refractivity contribution is 7.89. The van der Waals surface area contributed by atoms with E-state index in [2.05, 4.69) is 4.72 Å². The van der Waals surface area contributed by atoms with E-state index in [9.17, 15) is 8.42 Å². The van der Waals surface area contributed by atoms with E-state index in [1.807, 2.05) is 12.1 Å². The lowest BCUT2D eigenvalue weighted by molar-refractivity contribution is 0.0943. The van der Waals surface area contributed by atoms with Gasteiger partial charge in [-0.2, -0.15) is 0 Å². The van der Waals surface area contributed by atoms with Gasteiger partial charge in [0.15, 0.2) is 23.0 Å². The van der Waals surface area contributed by atoms with Crippen LogP contribution in [-0.4, -0.2) is 41.9 Å². The summed E-state index contributed by atoms with van der Waals surface area (Å²) in [6.07, 6.45) is -0.412. The van der Waals surface area contributed by atoms with Crippen molar-refractivity contribution in [1.82, 2.24) is 4.72 Å². The predicted octanol–water partition coefficient (Wildman–Crippen LogP) is 1.82. The average Bonchev–Trinajstić information content (AvgIpc) is 2.65. The highest BCUT2D eigenvalue weighted by Gasteiger charge is 2.24. The molecule has 0 amide bonds. The number of ether oxygens (including phenoxy) is 4. The lowest BCUT2D eigenvalue weighted by Gasteiger charge is -2.26. The van der Waals surface area contributed by atoms with Gasteiger partial charge in [0.25, 0.3) is 0 Å². The van der Waals surface area contributed by atoms with Gasteiger partial charge in [0.05, 0.1) is 25.7 Å². The molecule has 2 aromatic rings. The largest absolute Gasteiger partial charge is 0.493 e. The normalized spacial score (nSPS) is 16.3. The number of sulfonamides is 1. The van der Waals surface area contributed by atoms with Gasteiger partial charge in [-0.25, -0.2) is 13.1 Å². The maximum atomic E-state index is 12.5. The molecule has 0 unspecified atom stereocenters. The second-order valence-electron chi connectivity index (χ2n) is 5.37. The van der Waals surface area contributed by atoms with E-state index >= 15 is 0 Å². The molecule has 25 heavy (non-hydrogen) atoms. The quantitative estimate of drug-likeness (QED) is 0.841. The fourth-order valence-electron chi connectivity index (χ4n) is 2.43. The summed E-state index contributed by atoms with van der Waals surface area (Å²) in [4.78, 5) is 0.0854. The summed E-state index contributed by atoms with van der Waals surface area (Å²) >= 11 is 0. The Morgan fingerprint density at radius 3 is 2.52 bits per heavy atom. The van der Waals surface area contributed by atoms with Crippen molar-refractivity contribution in [3.05, 3.63) is 42.5 Å². The van der Waals surface area contributed by atoms with E-state index in [0.717, 1.165) is 0 Å². The second-order valence-corrected chi connectivity index (χ2v) is 7.13. The third kappa shape index (κ3) is 3.80. The van der Waals surface area contributed by atoms with Crippen LogP contribution >= 0.6 is 0 Å². The van der Waals surface area contributed by atoms with Gasteiger partial charge in [0.2, 0.25) is 10.0 Å². The number of hydrogen-bond acceptors (Lipinski definition) is 6. The van der Waals surface area contributed by atoms with Crippen LogP contribution < -0.4 is 23.7 Å². The molecule has 2 aromatic carbocycles. The minimum absolute atomic E-state index is 0.0854. The molecule has 0 aromatic heterocycles. The van der Waals surface area contributed by atoms with Crippen molar-refractivity contribution in [2.45, 2.75) is 11.0 Å². The Bertz CT molecular complexity index is 852. The molecule has 0 radical (unpaired) electrons. The number of para-hydroxylation sites is 2. The summed E-state index contributed by atoms with van der Waals surface area (Å²) in [5.74, 6) is 2.06. The molecule has 0 aliphatic carbocycles. The first-order valence-corrected chi connectivity index (χ1v) is 9.12. The average molecular weight is 365 g/mol. The summed E-state index contributed by atoms with van der Waals surface area (Å²) in [7, 11) is -0.776. The lowest BCUT2D eigenvalue weighted by Crippen LogP contribution is -2.40. The van der Waals surface area contributed by atoms with Gasteiger partial charge >= 0.3 is 0 Å². The molecular weight excluding hydrogens is 346 g/mol. The Hall–Kier alpha value is -2.45. The van der Waals surface area contributed by atoms with Gasteiger partial charge < -0.3 is 18.9 Å². The van der Waals surface area contributed by atoms with Crippen LogP contribution in [0.15, 0.2) is 47.4 Å². The lowest BCUT2D eigenvalue weighted by atomic mass is 10.2. The summed E-state index contributed by atoms with van der Waals surface area (Å²) in [5.41, 5.74) is 0. The highest BCUT2D eigenvalue weighted by Crippen LogP contribution is 2.31. The van der Waals surface area contributed by atoms with E-state index in [0.29, 0.717) is 23.0 Å².